The second-order valence-electron chi connectivity index (χ2n) is 4.20. The Kier molecular flexibility index (Phi) is 3.80. The van der Waals surface area contributed by atoms with E-state index in [-0.39, 0.29) is 0 Å². The van der Waals surface area contributed by atoms with Gasteiger partial charge in [-0.2, -0.15) is 0 Å². The maximum absolute atomic E-state index is 5.37. The molecule has 1 aliphatic rings. The van der Waals surface area contributed by atoms with Gasteiger partial charge in [0.2, 0.25) is 0 Å². The third-order valence-corrected chi connectivity index (χ3v) is 3.05. The average molecular weight is 208 g/mol. The van der Waals surface area contributed by atoms with E-state index in [4.69, 9.17) is 4.42 Å². The van der Waals surface area contributed by atoms with Crippen LogP contribution in [-0.2, 0) is 6.54 Å². The predicted octanol–water partition coefficient (Wildman–Crippen LogP) is 1.85. The third-order valence-electron chi connectivity index (χ3n) is 3.05. The zero-order valence-electron chi connectivity index (χ0n) is 9.41. The molecule has 15 heavy (non-hydrogen) atoms. The summed E-state index contributed by atoms with van der Waals surface area (Å²) in [4.78, 5) is 2.43. The maximum Gasteiger partial charge on any atom is 0.117 e. The fraction of sp³-hybridized carbons (Fsp3) is 0.667. The van der Waals surface area contributed by atoms with Crippen LogP contribution in [0.1, 0.15) is 25.5 Å². The molecule has 1 N–H and O–H groups in total. The van der Waals surface area contributed by atoms with Crippen molar-refractivity contribution in [3.63, 3.8) is 0 Å². The summed E-state index contributed by atoms with van der Waals surface area (Å²) in [6.07, 6.45) is 4.38. The second kappa shape index (κ2) is 5.33. The van der Waals surface area contributed by atoms with Crippen molar-refractivity contribution < 1.29 is 4.42 Å². The van der Waals surface area contributed by atoms with E-state index in [1.165, 1.54) is 19.4 Å². The summed E-state index contributed by atoms with van der Waals surface area (Å²) in [5.41, 5.74) is 0. The van der Waals surface area contributed by atoms with Gasteiger partial charge < -0.3 is 9.73 Å². The zero-order chi connectivity index (χ0) is 10.5. The average Bonchev–Trinajstić information content (AvgIpc) is 2.89. The molecule has 1 aliphatic heterocycles. The van der Waals surface area contributed by atoms with Crippen molar-refractivity contribution in [3.8, 4) is 0 Å². The number of rotatable bonds is 5. The molecular weight excluding hydrogens is 188 g/mol. The SMILES string of the molecule is CCN(Cc1ccco1)C[C@@H]1CCCN1. The van der Waals surface area contributed by atoms with Gasteiger partial charge in [-0.25, -0.2) is 0 Å². The first kappa shape index (κ1) is 10.7. The minimum absolute atomic E-state index is 0.680. The molecule has 0 spiro atoms. The molecule has 3 nitrogen and oxygen atoms in total. The molecule has 84 valence electrons. The Morgan fingerprint density at radius 1 is 1.60 bits per heavy atom. The standard InChI is InChI=1S/C12H20N2O/c1-2-14(9-11-5-3-7-13-11)10-12-6-4-8-15-12/h4,6,8,11,13H,2-3,5,7,9-10H2,1H3/t11-/m0/s1. The van der Waals surface area contributed by atoms with Crippen LogP contribution in [-0.4, -0.2) is 30.6 Å². The Bertz CT molecular complexity index is 265. The van der Waals surface area contributed by atoms with Gasteiger partial charge in [0.05, 0.1) is 12.8 Å². The highest BCUT2D eigenvalue weighted by Gasteiger charge is 2.17. The molecule has 1 fully saturated rings. The summed E-state index contributed by atoms with van der Waals surface area (Å²) < 4.78 is 5.37. The van der Waals surface area contributed by atoms with E-state index in [1.807, 2.05) is 12.1 Å². The molecule has 2 rings (SSSR count). The maximum atomic E-state index is 5.37. The summed E-state index contributed by atoms with van der Waals surface area (Å²) in [6, 6.07) is 4.68. The Labute approximate surface area is 91.4 Å². The Morgan fingerprint density at radius 2 is 2.53 bits per heavy atom. The van der Waals surface area contributed by atoms with Gasteiger partial charge in [-0.15, -0.1) is 0 Å². The van der Waals surface area contributed by atoms with Gasteiger partial charge in [0.25, 0.3) is 0 Å². The lowest BCUT2D eigenvalue weighted by Gasteiger charge is -2.23. The normalized spacial score (nSPS) is 21.3. The second-order valence-corrected chi connectivity index (χ2v) is 4.20. The highest BCUT2D eigenvalue weighted by molar-refractivity contribution is 4.98. The minimum Gasteiger partial charge on any atom is -0.468 e. The van der Waals surface area contributed by atoms with E-state index in [1.54, 1.807) is 6.26 Å². The van der Waals surface area contributed by atoms with Crippen molar-refractivity contribution in [3.05, 3.63) is 24.2 Å². The first-order valence-corrected chi connectivity index (χ1v) is 5.86. The number of nitrogens with one attached hydrogen (secondary N) is 1. The summed E-state index contributed by atoms with van der Waals surface area (Å²) >= 11 is 0. The van der Waals surface area contributed by atoms with Gasteiger partial charge in [-0.1, -0.05) is 6.92 Å². The van der Waals surface area contributed by atoms with Crippen LogP contribution >= 0.6 is 0 Å². The number of likely N-dealkylation sites (N-methyl/N-ethyl adjacent to an activating group) is 1. The van der Waals surface area contributed by atoms with Crippen molar-refractivity contribution in [1.82, 2.24) is 10.2 Å². The summed E-state index contributed by atoms with van der Waals surface area (Å²) in [6.45, 7) is 6.54. The predicted molar refractivity (Wildman–Crippen MR) is 60.7 cm³/mol. The number of nitrogens with zero attached hydrogens (tertiary/aromatic N) is 1. The largest absolute Gasteiger partial charge is 0.468 e. The van der Waals surface area contributed by atoms with Crippen molar-refractivity contribution in [2.45, 2.75) is 32.4 Å². The third kappa shape index (κ3) is 3.08. The van der Waals surface area contributed by atoms with Gasteiger partial charge in [-0.05, 0) is 38.1 Å². The molecular formula is C12H20N2O. The van der Waals surface area contributed by atoms with Crippen molar-refractivity contribution in [2.24, 2.45) is 0 Å². The molecule has 0 unspecified atom stereocenters. The summed E-state index contributed by atoms with van der Waals surface area (Å²) in [5.74, 6) is 1.06. The quantitative estimate of drug-likeness (QED) is 0.800. The van der Waals surface area contributed by atoms with E-state index in [2.05, 4.69) is 17.1 Å². The monoisotopic (exact) mass is 208 g/mol. The molecule has 1 aromatic rings. The lowest BCUT2D eigenvalue weighted by molar-refractivity contribution is 0.234. The van der Waals surface area contributed by atoms with Crippen LogP contribution in [0.3, 0.4) is 0 Å². The molecule has 3 heteroatoms. The van der Waals surface area contributed by atoms with E-state index in [0.717, 1.165) is 25.4 Å². The number of hydrogen-bond donors (Lipinski definition) is 1. The van der Waals surface area contributed by atoms with Crippen molar-refractivity contribution >= 4 is 0 Å². The summed E-state index contributed by atoms with van der Waals surface area (Å²) in [7, 11) is 0. The lowest BCUT2D eigenvalue weighted by atomic mass is 10.2. The molecule has 1 atom stereocenters. The fourth-order valence-electron chi connectivity index (χ4n) is 2.15. The Hall–Kier alpha value is -0.800. The van der Waals surface area contributed by atoms with Crippen LogP contribution in [0.4, 0.5) is 0 Å². The molecule has 0 saturated carbocycles. The van der Waals surface area contributed by atoms with Gasteiger partial charge in [0.1, 0.15) is 5.76 Å². The van der Waals surface area contributed by atoms with Gasteiger partial charge in [-0.3, -0.25) is 4.90 Å². The fourth-order valence-corrected chi connectivity index (χ4v) is 2.15. The Balaban J connectivity index is 1.81. The molecule has 0 amide bonds. The van der Waals surface area contributed by atoms with Crippen molar-refractivity contribution in [2.75, 3.05) is 19.6 Å². The first-order valence-electron chi connectivity index (χ1n) is 5.86. The first-order chi connectivity index (χ1) is 7.38. The van der Waals surface area contributed by atoms with Crippen LogP contribution in [0.5, 0.6) is 0 Å². The lowest BCUT2D eigenvalue weighted by Crippen LogP contribution is -2.37. The van der Waals surface area contributed by atoms with Gasteiger partial charge >= 0.3 is 0 Å². The van der Waals surface area contributed by atoms with Crippen LogP contribution in [0, 0.1) is 0 Å². The van der Waals surface area contributed by atoms with E-state index >= 15 is 0 Å². The minimum atomic E-state index is 0.680. The molecule has 2 heterocycles. The van der Waals surface area contributed by atoms with E-state index in [0.29, 0.717) is 6.04 Å². The Morgan fingerprint density at radius 3 is 3.13 bits per heavy atom. The van der Waals surface area contributed by atoms with E-state index < -0.39 is 0 Å². The van der Waals surface area contributed by atoms with E-state index in [9.17, 15) is 0 Å². The zero-order valence-corrected chi connectivity index (χ0v) is 9.41. The topological polar surface area (TPSA) is 28.4 Å². The molecule has 0 radical (unpaired) electrons. The summed E-state index contributed by atoms with van der Waals surface area (Å²) in [5, 5.41) is 3.53. The van der Waals surface area contributed by atoms with Crippen molar-refractivity contribution in [1.29, 1.82) is 0 Å². The smallest absolute Gasteiger partial charge is 0.117 e. The molecule has 0 bridgehead atoms. The molecule has 0 aliphatic carbocycles. The van der Waals surface area contributed by atoms with Crippen LogP contribution in [0.25, 0.3) is 0 Å². The number of hydrogen-bond acceptors (Lipinski definition) is 3. The molecule has 1 saturated heterocycles. The molecule has 0 aromatic carbocycles. The molecule has 1 aromatic heterocycles. The van der Waals surface area contributed by atoms with Crippen LogP contribution in [0.2, 0.25) is 0 Å². The van der Waals surface area contributed by atoms with Gasteiger partial charge in [0.15, 0.2) is 0 Å². The van der Waals surface area contributed by atoms with Crippen LogP contribution < -0.4 is 5.32 Å². The van der Waals surface area contributed by atoms with Crippen LogP contribution in [0.15, 0.2) is 22.8 Å². The highest BCUT2D eigenvalue weighted by atomic mass is 16.3. The number of furan rings is 1. The van der Waals surface area contributed by atoms with Gasteiger partial charge in [0, 0.05) is 12.6 Å². The highest BCUT2D eigenvalue weighted by Crippen LogP contribution is 2.10.